The van der Waals surface area contributed by atoms with Crippen molar-refractivity contribution in [3.63, 3.8) is 0 Å². The van der Waals surface area contributed by atoms with Gasteiger partial charge in [0.15, 0.2) is 0 Å². The second-order valence-corrected chi connectivity index (χ2v) is 6.35. The van der Waals surface area contributed by atoms with E-state index in [9.17, 15) is 0 Å². The second-order valence-electron chi connectivity index (χ2n) is 4.74. The lowest BCUT2D eigenvalue weighted by molar-refractivity contribution is 0.413. The molecule has 0 bridgehead atoms. The number of rotatable bonds is 3. The Bertz CT molecular complexity index is 666. The fraction of sp³-hybridized carbons (Fsp3) is 0.250. The molecule has 2 N–H and O–H groups in total. The van der Waals surface area contributed by atoms with Gasteiger partial charge in [0.05, 0.1) is 12.8 Å². The molecule has 0 radical (unpaired) electrons. The van der Waals surface area contributed by atoms with Crippen LogP contribution in [0, 0.1) is 13.8 Å². The van der Waals surface area contributed by atoms with Gasteiger partial charge in [0.25, 0.3) is 0 Å². The van der Waals surface area contributed by atoms with Gasteiger partial charge in [-0.2, -0.15) is 0 Å². The van der Waals surface area contributed by atoms with Gasteiger partial charge in [-0.25, -0.2) is 4.36 Å². The van der Waals surface area contributed by atoms with Crippen molar-refractivity contribution < 1.29 is 4.74 Å². The molecule has 0 aliphatic rings. The van der Waals surface area contributed by atoms with Crippen molar-refractivity contribution in [3.8, 4) is 5.75 Å². The molecular formula is C16H20N2OS. The van der Waals surface area contributed by atoms with Crippen molar-refractivity contribution in [2.75, 3.05) is 19.1 Å². The zero-order valence-electron chi connectivity index (χ0n) is 12.3. The number of benzene rings is 2. The van der Waals surface area contributed by atoms with E-state index in [-0.39, 0.29) is 10.7 Å². The Hall–Kier alpha value is -1.81. The summed E-state index contributed by atoms with van der Waals surface area (Å²) in [7, 11) is 1.46. The number of aryl methyl sites for hydroxylation is 2. The smallest absolute Gasteiger partial charge is 0.120 e. The Kier molecular flexibility index (Phi) is 4.45. The minimum absolute atomic E-state index is 0.217. The number of nitrogens with zero attached hydrogens (tertiary/aromatic N) is 1. The average Bonchev–Trinajstić information content (AvgIpc) is 2.44. The van der Waals surface area contributed by atoms with Gasteiger partial charge >= 0.3 is 0 Å². The molecule has 0 saturated heterocycles. The largest absolute Gasteiger partial charge is 0.497 e. The van der Waals surface area contributed by atoms with Crippen molar-refractivity contribution in [2.45, 2.75) is 18.7 Å². The molecule has 2 rings (SSSR count). The highest BCUT2D eigenvalue weighted by molar-refractivity contribution is 7.86. The van der Waals surface area contributed by atoms with Crippen LogP contribution in [-0.2, 0) is 10.7 Å². The summed E-state index contributed by atoms with van der Waals surface area (Å²) in [6.07, 6.45) is 2.11. The maximum Gasteiger partial charge on any atom is 0.120 e. The van der Waals surface area contributed by atoms with Gasteiger partial charge in [-0.05, 0) is 61.6 Å². The third kappa shape index (κ3) is 3.20. The molecule has 2 aromatic rings. The highest BCUT2D eigenvalue weighted by Gasteiger charge is 2.03. The molecule has 0 aromatic heterocycles. The third-order valence-electron chi connectivity index (χ3n) is 3.20. The first-order valence-corrected chi connectivity index (χ1v) is 7.99. The maximum absolute atomic E-state index is 5.91. The predicted molar refractivity (Wildman–Crippen MR) is 87.0 cm³/mol. The number of methoxy groups -OCH3 is 1. The van der Waals surface area contributed by atoms with Gasteiger partial charge in [0, 0.05) is 10.6 Å². The molecule has 106 valence electrons. The van der Waals surface area contributed by atoms with Gasteiger partial charge in [-0.1, -0.05) is 16.8 Å². The molecule has 0 fully saturated rings. The van der Waals surface area contributed by atoms with Crippen molar-refractivity contribution in [1.82, 2.24) is 0 Å². The Morgan fingerprint density at radius 2 is 1.85 bits per heavy atom. The maximum atomic E-state index is 5.91. The monoisotopic (exact) mass is 288 g/mol. The summed E-state index contributed by atoms with van der Waals surface area (Å²) < 4.78 is 10.1. The van der Waals surface area contributed by atoms with E-state index < -0.39 is 0 Å². The molecule has 1 atom stereocenters. The lowest BCUT2D eigenvalue weighted by Gasteiger charge is -2.09. The summed E-state index contributed by atoms with van der Waals surface area (Å²) in [4.78, 5) is 1.17. The first-order chi connectivity index (χ1) is 9.51. The number of ether oxygens (including phenoxy) is 1. The van der Waals surface area contributed by atoms with Gasteiger partial charge in [-0.15, -0.1) is 0 Å². The topological polar surface area (TPSA) is 47.6 Å². The van der Waals surface area contributed by atoms with E-state index in [1.807, 2.05) is 44.2 Å². The number of hydrogen-bond donors (Lipinski definition) is 1. The molecule has 3 nitrogen and oxygen atoms in total. The van der Waals surface area contributed by atoms with Crippen molar-refractivity contribution in [2.24, 2.45) is 4.36 Å². The molecule has 0 aliphatic carbocycles. The first-order valence-electron chi connectivity index (χ1n) is 6.40. The zero-order chi connectivity index (χ0) is 14.7. The van der Waals surface area contributed by atoms with Crippen LogP contribution in [0.5, 0.6) is 5.75 Å². The van der Waals surface area contributed by atoms with E-state index in [2.05, 4.69) is 12.3 Å². The fourth-order valence-electron chi connectivity index (χ4n) is 1.91. The van der Waals surface area contributed by atoms with Crippen molar-refractivity contribution >= 4 is 22.1 Å². The molecular weight excluding hydrogens is 268 g/mol. The van der Waals surface area contributed by atoms with Gasteiger partial charge in [0.1, 0.15) is 5.75 Å². The molecule has 0 amide bonds. The van der Waals surface area contributed by atoms with E-state index in [1.54, 1.807) is 7.11 Å². The highest BCUT2D eigenvalue weighted by Crippen LogP contribution is 2.27. The van der Waals surface area contributed by atoms with Gasteiger partial charge < -0.3 is 10.5 Å². The summed E-state index contributed by atoms with van der Waals surface area (Å²) >= 11 is 0. The van der Waals surface area contributed by atoms with Crippen LogP contribution in [0.1, 0.15) is 11.1 Å². The third-order valence-corrected chi connectivity index (χ3v) is 4.61. The van der Waals surface area contributed by atoms with Crippen molar-refractivity contribution in [1.29, 1.82) is 0 Å². The number of nitrogen functional groups attached to an aromatic ring is 1. The van der Waals surface area contributed by atoms with E-state index >= 15 is 0 Å². The number of nitrogens with two attached hydrogens (primary N) is 1. The van der Waals surface area contributed by atoms with Crippen LogP contribution < -0.4 is 10.5 Å². The van der Waals surface area contributed by atoms with E-state index in [0.29, 0.717) is 0 Å². The Morgan fingerprint density at radius 3 is 2.55 bits per heavy atom. The summed E-state index contributed by atoms with van der Waals surface area (Å²) in [6, 6.07) is 12.1. The van der Waals surface area contributed by atoms with Crippen LogP contribution in [-0.4, -0.2) is 13.4 Å². The van der Waals surface area contributed by atoms with E-state index in [0.717, 1.165) is 28.3 Å². The highest BCUT2D eigenvalue weighted by atomic mass is 32.2. The molecule has 0 heterocycles. The van der Waals surface area contributed by atoms with Crippen LogP contribution in [0.4, 0.5) is 11.4 Å². The summed E-state index contributed by atoms with van der Waals surface area (Å²) in [5, 5.41) is 0. The van der Waals surface area contributed by atoms with Gasteiger partial charge in [-0.3, -0.25) is 0 Å². The first kappa shape index (κ1) is 14.6. The van der Waals surface area contributed by atoms with Crippen LogP contribution in [0.2, 0.25) is 0 Å². The molecule has 0 spiro atoms. The van der Waals surface area contributed by atoms with Crippen LogP contribution >= 0.6 is 0 Å². The quantitative estimate of drug-likeness (QED) is 0.867. The van der Waals surface area contributed by atoms with E-state index in [4.69, 9.17) is 14.8 Å². The minimum Gasteiger partial charge on any atom is -0.497 e. The summed E-state index contributed by atoms with van der Waals surface area (Å²) in [5.74, 6) is 0.863. The van der Waals surface area contributed by atoms with Crippen LogP contribution in [0.25, 0.3) is 0 Å². The predicted octanol–water partition coefficient (Wildman–Crippen LogP) is 4.02. The molecule has 2 aromatic carbocycles. The number of anilines is 1. The normalized spacial score (nSPS) is 12.4. The summed E-state index contributed by atoms with van der Waals surface area (Å²) in [5.41, 5.74) is 9.91. The Balaban J connectivity index is 2.41. The van der Waals surface area contributed by atoms with Crippen LogP contribution in [0.3, 0.4) is 0 Å². The summed E-state index contributed by atoms with van der Waals surface area (Å²) in [6.45, 7) is 4.05. The Morgan fingerprint density at radius 1 is 1.10 bits per heavy atom. The van der Waals surface area contributed by atoms with E-state index in [1.165, 1.54) is 4.90 Å². The molecule has 20 heavy (non-hydrogen) atoms. The van der Waals surface area contributed by atoms with Crippen LogP contribution in [0.15, 0.2) is 45.7 Å². The molecule has 0 aliphatic heterocycles. The van der Waals surface area contributed by atoms with Gasteiger partial charge in [0.2, 0.25) is 0 Å². The molecule has 4 heteroatoms. The fourth-order valence-corrected chi connectivity index (χ4v) is 3.07. The SMILES string of the molecule is COc1cccc(S(C)=Nc2cc(C)c(N)cc2C)c1. The van der Waals surface area contributed by atoms with Crippen molar-refractivity contribution in [3.05, 3.63) is 47.5 Å². The molecule has 0 saturated carbocycles. The minimum atomic E-state index is -0.217. The number of hydrogen-bond acceptors (Lipinski definition) is 3. The Labute approximate surface area is 122 Å². The zero-order valence-corrected chi connectivity index (χ0v) is 13.1. The lowest BCUT2D eigenvalue weighted by atomic mass is 10.1. The molecule has 1 unspecified atom stereocenters. The lowest BCUT2D eigenvalue weighted by Crippen LogP contribution is -1.92. The standard InChI is InChI=1S/C16H20N2OS/c1-11-9-16(12(2)8-15(11)17)18-20(4)14-7-5-6-13(10-14)19-3/h5-10H,17H2,1-4H3. The average molecular weight is 288 g/mol. The second kappa shape index (κ2) is 6.09.